The third-order valence-electron chi connectivity index (χ3n) is 3.40. The minimum Gasteiger partial charge on any atom is -0.326 e. The zero-order valence-electron chi connectivity index (χ0n) is 13.4. The Kier molecular flexibility index (Phi) is 6.42. The molecule has 2 rings (SSSR count). The number of quaternary nitrogens is 1. The van der Waals surface area contributed by atoms with Gasteiger partial charge in [-0.3, -0.25) is 4.79 Å². The summed E-state index contributed by atoms with van der Waals surface area (Å²) in [4.78, 5) is 13.0. The van der Waals surface area contributed by atoms with Crippen LogP contribution >= 0.6 is 23.2 Å². The van der Waals surface area contributed by atoms with Crippen LogP contribution in [-0.4, -0.2) is 27.9 Å². The molecule has 0 aromatic heterocycles. The number of hydrogen-bond acceptors (Lipinski definition) is 3. The van der Waals surface area contributed by atoms with Gasteiger partial charge in [0, 0.05) is 11.3 Å². The molecule has 4 N–H and O–H groups in total. The van der Waals surface area contributed by atoms with Crippen molar-refractivity contribution in [3.63, 3.8) is 0 Å². The summed E-state index contributed by atoms with van der Waals surface area (Å²) in [5, 5.41) is 8.70. The fraction of sp³-hybridized carbons (Fsp3) is 0.188. The molecule has 0 saturated carbocycles. The number of nitrogens with two attached hydrogens (primary N) is 1. The topological polar surface area (TPSA) is 93.7 Å². The smallest absolute Gasteiger partial charge is 0.279 e. The second-order valence-electron chi connectivity index (χ2n) is 5.68. The highest BCUT2D eigenvalue weighted by Gasteiger charge is 2.13. The molecule has 0 heterocycles. The Morgan fingerprint density at radius 2 is 1.88 bits per heavy atom. The van der Waals surface area contributed by atoms with Crippen molar-refractivity contribution in [1.29, 1.82) is 0 Å². The van der Waals surface area contributed by atoms with Crippen LogP contribution in [0, 0.1) is 0 Å². The second kappa shape index (κ2) is 8.16. The minimum absolute atomic E-state index is 0.0539. The van der Waals surface area contributed by atoms with Gasteiger partial charge in [0.1, 0.15) is 6.54 Å². The monoisotopic (exact) mass is 402 g/mol. The van der Waals surface area contributed by atoms with E-state index in [-0.39, 0.29) is 17.3 Å². The Morgan fingerprint density at radius 1 is 1.16 bits per heavy atom. The van der Waals surface area contributed by atoms with Crippen molar-refractivity contribution < 1.29 is 18.1 Å². The molecule has 0 fully saturated rings. The lowest BCUT2D eigenvalue weighted by molar-refractivity contribution is -0.885. The van der Waals surface area contributed by atoms with E-state index in [0.29, 0.717) is 22.3 Å². The molecule has 1 unspecified atom stereocenters. The van der Waals surface area contributed by atoms with Crippen molar-refractivity contribution in [3.05, 3.63) is 58.1 Å². The normalized spacial score (nSPS) is 12.6. The van der Waals surface area contributed by atoms with E-state index in [1.165, 1.54) is 18.2 Å². The highest BCUT2D eigenvalue weighted by Crippen LogP contribution is 2.22. The summed E-state index contributed by atoms with van der Waals surface area (Å²) in [5.41, 5.74) is 1.33. The van der Waals surface area contributed by atoms with Crippen molar-refractivity contribution >= 4 is 44.8 Å². The lowest BCUT2D eigenvalue weighted by Crippen LogP contribution is -3.08. The molecule has 134 valence electrons. The van der Waals surface area contributed by atoms with Crippen molar-refractivity contribution in [2.45, 2.75) is 11.4 Å². The van der Waals surface area contributed by atoms with E-state index in [1.54, 1.807) is 18.2 Å². The van der Waals surface area contributed by atoms with E-state index in [0.717, 1.165) is 10.5 Å². The maximum atomic E-state index is 12.1. The van der Waals surface area contributed by atoms with Crippen LogP contribution in [0.1, 0.15) is 5.56 Å². The van der Waals surface area contributed by atoms with E-state index in [1.807, 2.05) is 13.1 Å². The van der Waals surface area contributed by atoms with Crippen LogP contribution in [0.4, 0.5) is 5.69 Å². The van der Waals surface area contributed by atoms with E-state index in [9.17, 15) is 13.2 Å². The summed E-state index contributed by atoms with van der Waals surface area (Å²) in [6, 6.07) is 11.1. The van der Waals surface area contributed by atoms with Gasteiger partial charge in [0.05, 0.1) is 22.0 Å². The Labute approximate surface area is 156 Å². The third-order valence-corrected chi connectivity index (χ3v) is 5.05. The molecule has 0 aliphatic carbocycles. The van der Waals surface area contributed by atoms with Crippen LogP contribution in [0.3, 0.4) is 0 Å². The summed E-state index contributed by atoms with van der Waals surface area (Å²) in [7, 11) is -1.95. The van der Waals surface area contributed by atoms with Gasteiger partial charge in [0.15, 0.2) is 6.54 Å². The van der Waals surface area contributed by atoms with Crippen molar-refractivity contribution in [3.8, 4) is 0 Å². The number of nitrogens with one attached hydrogen (secondary N) is 2. The molecule has 0 aliphatic heterocycles. The molecule has 0 radical (unpaired) electrons. The summed E-state index contributed by atoms with van der Waals surface area (Å²) in [6.07, 6.45) is 0. The number of primary sulfonamides is 1. The number of rotatable bonds is 6. The second-order valence-corrected chi connectivity index (χ2v) is 8.06. The molecule has 0 spiro atoms. The number of benzene rings is 2. The Bertz CT molecular complexity index is 888. The molecular formula is C16H18Cl2N3O3S+. The van der Waals surface area contributed by atoms with Gasteiger partial charge in [-0.25, -0.2) is 13.6 Å². The van der Waals surface area contributed by atoms with Gasteiger partial charge >= 0.3 is 0 Å². The molecule has 9 heteroatoms. The number of carbonyl (C=O) groups excluding carboxylic acids is 1. The third kappa shape index (κ3) is 5.98. The molecule has 0 saturated heterocycles. The van der Waals surface area contributed by atoms with Gasteiger partial charge in [0.25, 0.3) is 5.91 Å². The maximum Gasteiger partial charge on any atom is 0.279 e. The van der Waals surface area contributed by atoms with Gasteiger partial charge in [0.2, 0.25) is 10.0 Å². The zero-order chi connectivity index (χ0) is 18.6. The van der Waals surface area contributed by atoms with E-state index in [2.05, 4.69) is 5.32 Å². The highest BCUT2D eigenvalue weighted by atomic mass is 35.5. The zero-order valence-corrected chi connectivity index (χ0v) is 15.8. The number of sulfonamides is 1. The Balaban J connectivity index is 1.96. The number of halogens is 2. The first-order valence-corrected chi connectivity index (χ1v) is 9.63. The summed E-state index contributed by atoms with van der Waals surface area (Å²) >= 11 is 11.9. The predicted octanol–water partition coefficient (Wildman–Crippen LogP) is 1.29. The van der Waals surface area contributed by atoms with E-state index < -0.39 is 10.0 Å². The maximum absolute atomic E-state index is 12.1. The molecule has 0 bridgehead atoms. The fourth-order valence-electron chi connectivity index (χ4n) is 2.29. The van der Waals surface area contributed by atoms with E-state index in [4.69, 9.17) is 28.3 Å². The van der Waals surface area contributed by atoms with Gasteiger partial charge in [-0.05, 0) is 30.3 Å². The lowest BCUT2D eigenvalue weighted by Gasteiger charge is -2.14. The van der Waals surface area contributed by atoms with Crippen LogP contribution in [0.2, 0.25) is 10.0 Å². The highest BCUT2D eigenvalue weighted by molar-refractivity contribution is 7.89. The summed E-state index contributed by atoms with van der Waals surface area (Å²) in [6.45, 7) is 0.779. The first kappa shape index (κ1) is 19.7. The van der Waals surface area contributed by atoms with Crippen LogP contribution in [-0.2, 0) is 21.4 Å². The number of likely N-dealkylation sites (N-methyl/N-ethyl adjacent to an activating group) is 1. The molecule has 2 aromatic rings. The molecule has 25 heavy (non-hydrogen) atoms. The summed E-state index contributed by atoms with van der Waals surface area (Å²) < 4.78 is 22.7. The molecule has 1 atom stereocenters. The van der Waals surface area contributed by atoms with Crippen molar-refractivity contribution in [2.75, 3.05) is 18.9 Å². The van der Waals surface area contributed by atoms with Gasteiger partial charge in [-0.15, -0.1) is 0 Å². The van der Waals surface area contributed by atoms with Gasteiger partial charge < -0.3 is 10.2 Å². The molecule has 0 aliphatic rings. The quantitative estimate of drug-likeness (QED) is 0.679. The van der Waals surface area contributed by atoms with Gasteiger partial charge in [-0.2, -0.15) is 0 Å². The lowest BCUT2D eigenvalue weighted by atomic mass is 10.2. The van der Waals surface area contributed by atoms with Gasteiger partial charge in [-0.1, -0.05) is 35.3 Å². The first-order chi connectivity index (χ1) is 11.6. The molecule has 2 aromatic carbocycles. The average Bonchev–Trinajstić information content (AvgIpc) is 2.50. The van der Waals surface area contributed by atoms with E-state index >= 15 is 0 Å². The molecular weight excluding hydrogens is 385 g/mol. The van der Waals surface area contributed by atoms with Crippen LogP contribution in [0.5, 0.6) is 0 Å². The molecule has 1 amide bonds. The average molecular weight is 403 g/mol. The van der Waals surface area contributed by atoms with Crippen molar-refractivity contribution in [2.24, 2.45) is 5.14 Å². The first-order valence-electron chi connectivity index (χ1n) is 7.33. The standard InChI is InChI=1S/C16H17Cl2N3O3S/c1-21(9-11-5-6-14(17)15(18)7-11)10-16(22)20-12-3-2-4-13(8-12)25(19,23)24/h2-8H,9-10H2,1H3,(H,20,22)(H2,19,23,24)/p+1. The Hall–Kier alpha value is -1.64. The molecule has 6 nitrogen and oxygen atoms in total. The van der Waals surface area contributed by atoms with Crippen LogP contribution < -0.4 is 15.4 Å². The SMILES string of the molecule is C[NH+](CC(=O)Nc1cccc(S(N)(=O)=O)c1)Cc1ccc(Cl)c(Cl)c1. The van der Waals surface area contributed by atoms with Crippen LogP contribution in [0.15, 0.2) is 47.4 Å². The number of anilines is 1. The summed E-state index contributed by atoms with van der Waals surface area (Å²) in [5.74, 6) is -0.246. The number of hydrogen-bond donors (Lipinski definition) is 3. The number of carbonyl (C=O) groups is 1. The Morgan fingerprint density at radius 3 is 2.52 bits per heavy atom. The van der Waals surface area contributed by atoms with Crippen LogP contribution in [0.25, 0.3) is 0 Å². The largest absolute Gasteiger partial charge is 0.326 e. The minimum atomic E-state index is -3.81. The van der Waals surface area contributed by atoms with Crippen molar-refractivity contribution in [1.82, 2.24) is 0 Å². The fourth-order valence-corrected chi connectivity index (χ4v) is 3.17. The number of amides is 1. The predicted molar refractivity (Wildman–Crippen MR) is 98.4 cm³/mol.